The molecule has 6 nitrogen and oxygen atoms in total. The molecule has 1 atom stereocenters. The maximum atomic E-state index is 12.3. The van der Waals surface area contributed by atoms with E-state index in [-0.39, 0.29) is 16.8 Å². The summed E-state index contributed by atoms with van der Waals surface area (Å²) in [4.78, 5) is 14.2. The van der Waals surface area contributed by atoms with Gasteiger partial charge in [-0.25, -0.2) is 12.7 Å². The molecule has 0 aromatic heterocycles. The van der Waals surface area contributed by atoms with E-state index in [9.17, 15) is 13.2 Å². The van der Waals surface area contributed by atoms with Gasteiger partial charge in [0.1, 0.15) is 0 Å². The highest BCUT2D eigenvalue weighted by atomic mass is 79.9. The third-order valence-electron chi connectivity index (χ3n) is 3.45. The Hall–Kier alpha value is -0.960. The molecule has 8 heteroatoms. The van der Waals surface area contributed by atoms with Crippen molar-refractivity contribution in [2.24, 2.45) is 5.73 Å². The van der Waals surface area contributed by atoms with Crippen molar-refractivity contribution in [3.8, 4) is 0 Å². The van der Waals surface area contributed by atoms with Crippen LogP contribution < -0.4 is 5.73 Å². The summed E-state index contributed by atoms with van der Waals surface area (Å²) < 4.78 is 25.7. The van der Waals surface area contributed by atoms with Gasteiger partial charge in [-0.2, -0.15) is 0 Å². The number of amides is 1. The smallest absolute Gasteiger partial charge is 0.253 e. The topological polar surface area (TPSA) is 83.7 Å². The third-order valence-corrected chi connectivity index (χ3v) is 6.24. The minimum Gasteiger partial charge on any atom is -0.337 e. The second-order valence-corrected chi connectivity index (χ2v) is 8.21. The first-order valence-electron chi connectivity index (χ1n) is 6.50. The summed E-state index contributed by atoms with van der Waals surface area (Å²) in [6, 6.07) is 4.55. The van der Waals surface area contributed by atoms with E-state index in [2.05, 4.69) is 15.9 Å². The molecule has 0 bridgehead atoms. The molecule has 1 amide bonds. The summed E-state index contributed by atoms with van der Waals surface area (Å²) in [5, 5.41) is 0. The van der Waals surface area contributed by atoms with Gasteiger partial charge in [-0.05, 0) is 40.5 Å². The summed E-state index contributed by atoms with van der Waals surface area (Å²) >= 11 is 3.24. The van der Waals surface area contributed by atoms with Gasteiger partial charge in [0.05, 0.1) is 4.90 Å². The van der Waals surface area contributed by atoms with Crippen molar-refractivity contribution >= 4 is 31.9 Å². The lowest BCUT2D eigenvalue weighted by Gasteiger charge is -2.17. The van der Waals surface area contributed by atoms with Gasteiger partial charge in [0.15, 0.2) is 0 Å². The van der Waals surface area contributed by atoms with Crippen LogP contribution >= 0.6 is 15.9 Å². The van der Waals surface area contributed by atoms with Gasteiger partial charge in [-0.1, -0.05) is 0 Å². The molecule has 2 N–H and O–H groups in total. The molecule has 0 radical (unpaired) electrons. The molecular weight excluding hydrogens is 358 g/mol. The lowest BCUT2D eigenvalue weighted by atomic mass is 10.2. The molecule has 1 fully saturated rings. The highest BCUT2D eigenvalue weighted by Crippen LogP contribution is 2.26. The van der Waals surface area contributed by atoms with Crippen molar-refractivity contribution in [3.63, 3.8) is 0 Å². The monoisotopic (exact) mass is 375 g/mol. The van der Waals surface area contributed by atoms with Crippen LogP contribution in [0.25, 0.3) is 0 Å². The Morgan fingerprint density at radius 2 is 2.10 bits per heavy atom. The zero-order valence-electron chi connectivity index (χ0n) is 11.9. The predicted molar refractivity (Wildman–Crippen MR) is 83.5 cm³/mol. The van der Waals surface area contributed by atoms with Gasteiger partial charge in [0.25, 0.3) is 5.91 Å². The number of rotatable bonds is 3. The molecule has 1 aliphatic heterocycles. The number of benzene rings is 1. The zero-order valence-corrected chi connectivity index (χ0v) is 14.3. The molecule has 21 heavy (non-hydrogen) atoms. The molecule has 0 unspecified atom stereocenters. The van der Waals surface area contributed by atoms with Gasteiger partial charge in [0.2, 0.25) is 10.0 Å². The summed E-state index contributed by atoms with van der Waals surface area (Å²) in [5.41, 5.74) is 6.25. The number of nitrogens with two attached hydrogens (primary N) is 1. The number of sulfonamides is 1. The maximum absolute atomic E-state index is 12.3. The first kappa shape index (κ1) is 16.4. The molecule has 0 aliphatic carbocycles. The fraction of sp³-hybridized carbons (Fsp3) is 0.462. The van der Waals surface area contributed by atoms with Gasteiger partial charge in [0, 0.05) is 43.3 Å². The van der Waals surface area contributed by atoms with Crippen LogP contribution in [0.3, 0.4) is 0 Å². The Labute approximate surface area is 133 Å². The summed E-state index contributed by atoms with van der Waals surface area (Å²) in [5.74, 6) is -0.127. The van der Waals surface area contributed by atoms with Crippen LogP contribution in [0.2, 0.25) is 0 Å². The Morgan fingerprint density at radius 1 is 1.43 bits per heavy atom. The first-order chi connectivity index (χ1) is 9.73. The number of nitrogens with zero attached hydrogens (tertiary/aromatic N) is 2. The number of likely N-dealkylation sites (tertiary alicyclic amines) is 1. The van der Waals surface area contributed by atoms with E-state index in [1.165, 1.54) is 26.2 Å². The number of halogens is 1. The van der Waals surface area contributed by atoms with Crippen molar-refractivity contribution in [1.29, 1.82) is 0 Å². The Balaban J connectivity index is 2.30. The Morgan fingerprint density at radius 3 is 2.57 bits per heavy atom. The summed E-state index contributed by atoms with van der Waals surface area (Å²) in [6.07, 6.45) is 0.792. The number of hydrogen-bond acceptors (Lipinski definition) is 4. The predicted octanol–water partition coefficient (Wildman–Crippen LogP) is 0.873. The van der Waals surface area contributed by atoms with Gasteiger partial charge in [-0.3, -0.25) is 4.79 Å². The van der Waals surface area contributed by atoms with E-state index < -0.39 is 10.0 Å². The average Bonchev–Trinajstić information content (AvgIpc) is 2.83. The van der Waals surface area contributed by atoms with Gasteiger partial charge >= 0.3 is 0 Å². The quantitative estimate of drug-likeness (QED) is 0.849. The molecule has 1 saturated heterocycles. The zero-order chi connectivity index (χ0) is 15.8. The number of carbonyl (C=O) groups is 1. The molecule has 0 spiro atoms. The first-order valence-corrected chi connectivity index (χ1v) is 8.73. The van der Waals surface area contributed by atoms with E-state index >= 15 is 0 Å². The molecule has 1 aromatic rings. The lowest BCUT2D eigenvalue weighted by molar-refractivity contribution is 0.0790. The van der Waals surface area contributed by atoms with Crippen molar-refractivity contribution in [2.45, 2.75) is 17.4 Å². The van der Waals surface area contributed by atoms with Gasteiger partial charge < -0.3 is 10.6 Å². The van der Waals surface area contributed by atoms with Crippen LogP contribution in [0.15, 0.2) is 27.6 Å². The maximum Gasteiger partial charge on any atom is 0.253 e. The molecule has 2 rings (SSSR count). The molecular formula is C13H18BrN3O3S. The van der Waals surface area contributed by atoms with Crippen LogP contribution in [0, 0.1) is 0 Å². The molecule has 1 aromatic carbocycles. The van der Waals surface area contributed by atoms with Crippen molar-refractivity contribution in [2.75, 3.05) is 27.2 Å². The molecule has 1 heterocycles. The standard InChI is InChI=1S/C13H18BrN3O3S/c1-16(2)21(19,20)12-4-3-9(7-11(12)14)13(18)17-6-5-10(15)8-17/h3-4,7,10H,5-6,8,15H2,1-2H3/t10-/m1/s1. The van der Waals surface area contributed by atoms with Crippen molar-refractivity contribution < 1.29 is 13.2 Å². The van der Waals surface area contributed by atoms with Crippen LogP contribution in [0.4, 0.5) is 0 Å². The average molecular weight is 376 g/mol. The SMILES string of the molecule is CN(C)S(=O)(=O)c1ccc(C(=O)N2CC[C@@H](N)C2)cc1Br. The minimum absolute atomic E-state index is 0.0192. The number of hydrogen-bond donors (Lipinski definition) is 1. The largest absolute Gasteiger partial charge is 0.337 e. The highest BCUT2D eigenvalue weighted by molar-refractivity contribution is 9.10. The fourth-order valence-corrected chi connectivity index (χ4v) is 4.13. The summed E-state index contributed by atoms with van der Waals surface area (Å²) in [6.45, 7) is 1.17. The van der Waals surface area contributed by atoms with E-state index in [1.807, 2.05) is 0 Å². The van der Waals surface area contributed by atoms with Crippen LogP contribution in [0.5, 0.6) is 0 Å². The van der Waals surface area contributed by atoms with E-state index in [1.54, 1.807) is 11.0 Å². The van der Waals surface area contributed by atoms with Crippen LogP contribution in [-0.4, -0.2) is 56.8 Å². The lowest BCUT2D eigenvalue weighted by Crippen LogP contribution is -2.32. The Kier molecular flexibility index (Phi) is 4.72. The third kappa shape index (κ3) is 3.28. The van der Waals surface area contributed by atoms with Crippen LogP contribution in [-0.2, 0) is 10.0 Å². The fourth-order valence-electron chi connectivity index (χ4n) is 2.19. The minimum atomic E-state index is -3.54. The molecule has 1 aliphatic rings. The molecule has 116 valence electrons. The van der Waals surface area contributed by atoms with Crippen molar-refractivity contribution in [3.05, 3.63) is 28.2 Å². The van der Waals surface area contributed by atoms with E-state index in [0.29, 0.717) is 23.1 Å². The second kappa shape index (κ2) is 6.04. The van der Waals surface area contributed by atoms with Crippen molar-refractivity contribution in [1.82, 2.24) is 9.21 Å². The normalized spacial score (nSPS) is 19.3. The van der Waals surface area contributed by atoms with E-state index in [4.69, 9.17) is 5.73 Å². The summed E-state index contributed by atoms with van der Waals surface area (Å²) in [7, 11) is -0.607. The second-order valence-electron chi connectivity index (χ2n) is 5.23. The van der Waals surface area contributed by atoms with Gasteiger partial charge in [-0.15, -0.1) is 0 Å². The highest BCUT2D eigenvalue weighted by Gasteiger charge is 2.26. The van der Waals surface area contributed by atoms with Crippen LogP contribution in [0.1, 0.15) is 16.8 Å². The molecule has 0 saturated carbocycles. The Bertz CT molecular complexity index is 661. The number of carbonyl (C=O) groups excluding carboxylic acids is 1. The van der Waals surface area contributed by atoms with E-state index in [0.717, 1.165) is 10.7 Å².